The van der Waals surface area contributed by atoms with Crippen LogP contribution in [0.4, 0.5) is 21.0 Å². The van der Waals surface area contributed by atoms with Crippen molar-refractivity contribution in [1.82, 2.24) is 9.80 Å². The van der Waals surface area contributed by atoms with Gasteiger partial charge in [0.1, 0.15) is 11.2 Å². The van der Waals surface area contributed by atoms with Gasteiger partial charge in [0.25, 0.3) is 0 Å². The standard InChI is InChI=1S/C16H25N3O2.C16H21N3O2/c2*1-16(2,3)21-15(20)19-9-7-18(8-10-19)14-6-4-5-13(11-14)12-17/h4-6,11H,7-10,12,17H2,1-3H3;4-6,11H,7-10H2,1-3H3. The Morgan fingerprint density at radius 2 is 1.17 bits per heavy atom. The first-order valence-electron chi connectivity index (χ1n) is 14.5. The molecule has 0 spiro atoms. The van der Waals surface area contributed by atoms with Crippen molar-refractivity contribution in [2.24, 2.45) is 5.73 Å². The zero-order valence-electron chi connectivity index (χ0n) is 25.9. The molecule has 0 saturated carbocycles. The second-order valence-corrected chi connectivity index (χ2v) is 12.4. The summed E-state index contributed by atoms with van der Waals surface area (Å²) in [6, 6.07) is 17.9. The van der Waals surface area contributed by atoms with E-state index in [9.17, 15) is 9.59 Å². The molecule has 2 aromatic carbocycles. The van der Waals surface area contributed by atoms with Gasteiger partial charge in [-0.2, -0.15) is 5.26 Å². The van der Waals surface area contributed by atoms with E-state index in [1.165, 1.54) is 5.69 Å². The average Bonchev–Trinajstić information content (AvgIpc) is 2.96. The highest BCUT2D eigenvalue weighted by Crippen LogP contribution is 2.20. The Morgan fingerprint density at radius 1 is 0.738 bits per heavy atom. The zero-order chi connectivity index (χ0) is 30.9. The van der Waals surface area contributed by atoms with E-state index in [2.05, 4.69) is 28.0 Å². The molecule has 2 heterocycles. The molecule has 10 nitrogen and oxygen atoms in total. The maximum absolute atomic E-state index is 12.0. The number of benzene rings is 2. The molecule has 2 saturated heterocycles. The fraction of sp³-hybridized carbons (Fsp3) is 0.531. The Labute approximate surface area is 250 Å². The van der Waals surface area contributed by atoms with Crippen molar-refractivity contribution in [1.29, 1.82) is 5.26 Å². The largest absolute Gasteiger partial charge is 0.444 e. The molecule has 2 amide bonds. The normalized spacial score (nSPS) is 15.8. The molecule has 228 valence electrons. The van der Waals surface area contributed by atoms with E-state index in [-0.39, 0.29) is 12.2 Å². The number of piperazine rings is 2. The molecule has 42 heavy (non-hydrogen) atoms. The monoisotopic (exact) mass is 578 g/mol. The van der Waals surface area contributed by atoms with E-state index in [1.54, 1.807) is 15.9 Å². The van der Waals surface area contributed by atoms with Crippen LogP contribution in [0.25, 0.3) is 0 Å². The van der Waals surface area contributed by atoms with Crippen LogP contribution in [0.1, 0.15) is 52.7 Å². The number of nitrogens with zero attached hydrogens (tertiary/aromatic N) is 5. The number of ether oxygens (including phenoxy) is 2. The van der Waals surface area contributed by atoms with Crippen LogP contribution in [0.3, 0.4) is 0 Å². The molecular weight excluding hydrogens is 532 g/mol. The summed E-state index contributed by atoms with van der Waals surface area (Å²) >= 11 is 0. The van der Waals surface area contributed by atoms with Gasteiger partial charge in [0.15, 0.2) is 0 Å². The average molecular weight is 579 g/mol. The zero-order valence-corrected chi connectivity index (χ0v) is 25.9. The lowest BCUT2D eigenvalue weighted by Crippen LogP contribution is -2.50. The molecule has 2 aliphatic rings. The van der Waals surface area contributed by atoms with Gasteiger partial charge in [-0.25, -0.2) is 9.59 Å². The molecular formula is C32H46N6O4. The predicted molar refractivity (Wildman–Crippen MR) is 166 cm³/mol. The first-order valence-corrected chi connectivity index (χ1v) is 14.5. The fourth-order valence-electron chi connectivity index (χ4n) is 4.60. The Kier molecular flexibility index (Phi) is 11.1. The highest BCUT2D eigenvalue weighted by atomic mass is 16.6. The van der Waals surface area contributed by atoms with Gasteiger partial charge in [0.05, 0.1) is 11.6 Å². The minimum absolute atomic E-state index is 0.224. The first-order chi connectivity index (χ1) is 19.8. The number of rotatable bonds is 3. The summed E-state index contributed by atoms with van der Waals surface area (Å²) in [7, 11) is 0. The third-order valence-electron chi connectivity index (χ3n) is 6.71. The van der Waals surface area contributed by atoms with E-state index < -0.39 is 11.2 Å². The Balaban J connectivity index is 0.000000230. The smallest absolute Gasteiger partial charge is 0.410 e. The summed E-state index contributed by atoms with van der Waals surface area (Å²) < 4.78 is 10.8. The van der Waals surface area contributed by atoms with Crippen LogP contribution >= 0.6 is 0 Å². The third-order valence-corrected chi connectivity index (χ3v) is 6.71. The number of anilines is 2. The molecule has 0 bridgehead atoms. The van der Waals surface area contributed by atoms with E-state index in [0.29, 0.717) is 38.3 Å². The Bertz CT molecular complexity index is 1230. The quantitative estimate of drug-likeness (QED) is 0.551. The maximum Gasteiger partial charge on any atom is 0.410 e. The highest BCUT2D eigenvalue weighted by Gasteiger charge is 2.27. The van der Waals surface area contributed by atoms with Gasteiger partial charge < -0.3 is 34.8 Å². The van der Waals surface area contributed by atoms with Gasteiger partial charge in [0, 0.05) is 70.3 Å². The lowest BCUT2D eigenvalue weighted by atomic mass is 10.1. The van der Waals surface area contributed by atoms with Crippen LogP contribution in [0, 0.1) is 11.3 Å². The summed E-state index contributed by atoms with van der Waals surface area (Å²) in [6.45, 7) is 17.6. The van der Waals surface area contributed by atoms with Crippen molar-refractivity contribution < 1.29 is 19.1 Å². The highest BCUT2D eigenvalue weighted by molar-refractivity contribution is 5.69. The number of hydrogen-bond donors (Lipinski definition) is 1. The van der Waals surface area contributed by atoms with Crippen LogP contribution in [-0.2, 0) is 16.0 Å². The summed E-state index contributed by atoms with van der Waals surface area (Å²) in [5, 5.41) is 8.95. The van der Waals surface area contributed by atoms with Crippen LogP contribution < -0.4 is 15.5 Å². The van der Waals surface area contributed by atoms with Crippen LogP contribution in [0.5, 0.6) is 0 Å². The fourth-order valence-corrected chi connectivity index (χ4v) is 4.60. The van der Waals surface area contributed by atoms with Gasteiger partial charge in [0.2, 0.25) is 0 Å². The summed E-state index contributed by atoms with van der Waals surface area (Å²) in [5.74, 6) is 0. The van der Waals surface area contributed by atoms with Crippen LogP contribution in [0.2, 0.25) is 0 Å². The van der Waals surface area contributed by atoms with Crippen molar-refractivity contribution in [3.63, 3.8) is 0 Å². The molecule has 10 heteroatoms. The van der Waals surface area contributed by atoms with Crippen molar-refractivity contribution in [2.75, 3.05) is 62.2 Å². The van der Waals surface area contributed by atoms with Gasteiger partial charge in [-0.15, -0.1) is 0 Å². The molecule has 0 aliphatic carbocycles. The topological polar surface area (TPSA) is 115 Å². The van der Waals surface area contributed by atoms with Crippen LogP contribution in [-0.4, -0.2) is 85.5 Å². The number of carbonyl (C=O) groups is 2. The van der Waals surface area contributed by atoms with Crippen molar-refractivity contribution >= 4 is 23.6 Å². The van der Waals surface area contributed by atoms with E-state index >= 15 is 0 Å². The SMILES string of the molecule is CC(C)(C)OC(=O)N1CCN(c2cccc(C#N)c2)CC1.CC(C)(C)OC(=O)N1CCN(c2cccc(CN)c2)CC1. The van der Waals surface area contributed by atoms with Gasteiger partial charge in [-0.05, 0) is 77.4 Å². The number of nitriles is 1. The van der Waals surface area contributed by atoms with Gasteiger partial charge >= 0.3 is 12.2 Å². The summed E-state index contributed by atoms with van der Waals surface area (Å²) in [6.07, 6.45) is -0.481. The summed E-state index contributed by atoms with van der Waals surface area (Å²) in [4.78, 5) is 32.0. The molecule has 2 fully saturated rings. The predicted octanol–water partition coefficient (Wildman–Crippen LogP) is 4.82. The molecule has 4 rings (SSSR count). The Morgan fingerprint density at radius 3 is 1.57 bits per heavy atom. The van der Waals surface area contributed by atoms with E-state index in [4.69, 9.17) is 20.5 Å². The Hall–Kier alpha value is -3.97. The third kappa shape index (κ3) is 10.1. The van der Waals surface area contributed by atoms with Gasteiger partial charge in [-0.3, -0.25) is 0 Å². The maximum atomic E-state index is 12.0. The molecule has 0 unspecified atom stereocenters. The molecule has 2 aromatic rings. The lowest BCUT2D eigenvalue weighted by molar-refractivity contribution is 0.0230. The van der Waals surface area contributed by atoms with Crippen molar-refractivity contribution in [2.45, 2.75) is 59.3 Å². The van der Waals surface area contributed by atoms with Gasteiger partial charge in [-0.1, -0.05) is 18.2 Å². The van der Waals surface area contributed by atoms with E-state index in [0.717, 1.165) is 37.4 Å². The molecule has 0 atom stereocenters. The number of hydrogen-bond acceptors (Lipinski definition) is 8. The van der Waals surface area contributed by atoms with Crippen LogP contribution in [0.15, 0.2) is 48.5 Å². The number of amides is 2. The number of nitrogens with two attached hydrogens (primary N) is 1. The lowest BCUT2D eigenvalue weighted by Gasteiger charge is -2.36. The molecule has 0 aromatic heterocycles. The minimum Gasteiger partial charge on any atom is -0.444 e. The van der Waals surface area contributed by atoms with E-state index in [1.807, 2.05) is 71.9 Å². The molecule has 2 aliphatic heterocycles. The number of carbonyl (C=O) groups excluding carboxylic acids is 2. The summed E-state index contributed by atoms with van der Waals surface area (Å²) in [5.41, 5.74) is 8.75. The molecule has 0 radical (unpaired) electrons. The molecule has 2 N–H and O–H groups in total. The second kappa shape index (κ2) is 14.3. The first kappa shape index (κ1) is 32.5. The van der Waals surface area contributed by atoms with Crippen molar-refractivity contribution in [3.05, 3.63) is 59.7 Å². The second-order valence-electron chi connectivity index (χ2n) is 12.4. The minimum atomic E-state index is -0.463. The van der Waals surface area contributed by atoms with Crippen molar-refractivity contribution in [3.8, 4) is 6.07 Å².